The molecule has 2 N–H and O–H groups in total. The van der Waals surface area contributed by atoms with Gasteiger partial charge in [0.25, 0.3) is 17.4 Å². The summed E-state index contributed by atoms with van der Waals surface area (Å²) < 4.78 is 7.82. The Morgan fingerprint density at radius 2 is 1.88 bits per heavy atom. The zero-order valence-corrected chi connectivity index (χ0v) is 24.4. The van der Waals surface area contributed by atoms with E-state index < -0.39 is 5.91 Å². The standard InChI is InChI=1S/C31H34N6O4S/c1-3-13-33-29(39)26(19-32)31-37(4-2)30(40)27(42-31)20-34-24-11-8-12-25(18-24)41-22-28(38)36-16-14-35(15-17-36)21-23-9-6-5-7-10-23/h3,5-12,18,20,34H,1,4,13-17,21-22H2,2H3,(H,33,39). The molecule has 2 aromatic carbocycles. The molecule has 42 heavy (non-hydrogen) atoms. The third-order valence-electron chi connectivity index (χ3n) is 6.72. The van der Waals surface area contributed by atoms with E-state index in [1.54, 1.807) is 37.4 Å². The van der Waals surface area contributed by atoms with Gasteiger partial charge in [0.05, 0.1) is 0 Å². The molecule has 0 spiro atoms. The van der Waals surface area contributed by atoms with Gasteiger partial charge < -0.3 is 20.3 Å². The molecule has 1 fully saturated rings. The van der Waals surface area contributed by atoms with E-state index in [1.165, 1.54) is 16.2 Å². The van der Waals surface area contributed by atoms with Gasteiger partial charge in [-0.2, -0.15) is 5.26 Å². The van der Waals surface area contributed by atoms with Gasteiger partial charge in [-0.1, -0.05) is 42.5 Å². The lowest BCUT2D eigenvalue weighted by Crippen LogP contribution is -2.49. The van der Waals surface area contributed by atoms with Crippen LogP contribution in [0.3, 0.4) is 0 Å². The van der Waals surface area contributed by atoms with Crippen LogP contribution >= 0.6 is 11.3 Å². The highest BCUT2D eigenvalue weighted by atomic mass is 32.1. The summed E-state index contributed by atoms with van der Waals surface area (Å²) in [4.78, 5) is 42.4. The number of carbonyl (C=O) groups excluding carboxylic acids is 2. The topological polar surface area (TPSA) is 120 Å². The monoisotopic (exact) mass is 586 g/mol. The number of aromatic nitrogens is 1. The highest BCUT2D eigenvalue weighted by Crippen LogP contribution is 2.18. The van der Waals surface area contributed by atoms with Crippen molar-refractivity contribution in [3.63, 3.8) is 0 Å². The average molecular weight is 587 g/mol. The zero-order chi connectivity index (χ0) is 29.9. The van der Waals surface area contributed by atoms with Gasteiger partial charge >= 0.3 is 0 Å². The summed E-state index contributed by atoms with van der Waals surface area (Å²) in [7, 11) is 0. The van der Waals surface area contributed by atoms with Crippen LogP contribution in [-0.4, -0.2) is 65.5 Å². The lowest BCUT2D eigenvalue weighted by molar-refractivity contribution is -0.135. The number of nitrogens with zero attached hydrogens (tertiary/aromatic N) is 4. The van der Waals surface area contributed by atoms with Crippen molar-refractivity contribution in [1.82, 2.24) is 19.7 Å². The first-order valence-corrected chi connectivity index (χ1v) is 14.5. The maximum absolute atomic E-state index is 13.0. The number of hydrogen-bond donors (Lipinski definition) is 2. The molecule has 10 nitrogen and oxygen atoms in total. The lowest BCUT2D eigenvalue weighted by Gasteiger charge is -2.34. The number of benzene rings is 2. The van der Waals surface area contributed by atoms with Gasteiger partial charge in [0.2, 0.25) is 0 Å². The molecule has 1 aliphatic rings. The van der Waals surface area contributed by atoms with Crippen molar-refractivity contribution in [1.29, 1.82) is 5.26 Å². The molecule has 0 aliphatic carbocycles. The van der Waals surface area contributed by atoms with Crippen molar-refractivity contribution >= 4 is 40.6 Å². The second-order valence-corrected chi connectivity index (χ2v) is 10.6. The first-order chi connectivity index (χ1) is 20.4. The fraction of sp³-hybridized carbons (Fsp3) is 0.290. The van der Waals surface area contributed by atoms with Crippen LogP contribution in [0.25, 0.3) is 11.8 Å². The van der Waals surface area contributed by atoms with E-state index in [0.717, 1.165) is 31.0 Å². The Morgan fingerprint density at radius 3 is 2.57 bits per heavy atom. The number of piperazine rings is 1. The molecule has 1 aromatic heterocycles. The van der Waals surface area contributed by atoms with Crippen LogP contribution < -0.4 is 30.1 Å². The Hall–Kier alpha value is -4.66. The normalized spacial score (nSPS) is 14.6. The Balaban J connectivity index is 1.37. The van der Waals surface area contributed by atoms with Gasteiger partial charge in [-0.15, -0.1) is 17.9 Å². The summed E-state index contributed by atoms with van der Waals surface area (Å²) in [6.45, 7) is 9.59. The number of nitriles is 1. The largest absolute Gasteiger partial charge is 0.484 e. The van der Waals surface area contributed by atoms with Crippen LogP contribution in [0, 0.1) is 11.3 Å². The Bertz CT molecular complexity index is 1630. The van der Waals surface area contributed by atoms with Gasteiger partial charge in [-0.05, 0) is 24.6 Å². The van der Waals surface area contributed by atoms with E-state index in [-0.39, 0.29) is 34.9 Å². The number of rotatable bonds is 11. The second-order valence-electron chi connectivity index (χ2n) is 9.55. The molecule has 4 rings (SSSR count). The van der Waals surface area contributed by atoms with Crippen LogP contribution in [0.4, 0.5) is 5.69 Å². The van der Waals surface area contributed by atoms with Crippen molar-refractivity contribution < 1.29 is 14.3 Å². The van der Waals surface area contributed by atoms with Crippen molar-refractivity contribution in [2.24, 2.45) is 0 Å². The number of thiazole rings is 1. The number of amides is 2. The van der Waals surface area contributed by atoms with Crippen LogP contribution in [0.15, 0.2) is 72.0 Å². The molecule has 218 valence electrons. The molecule has 2 amide bonds. The molecule has 2 heterocycles. The fourth-order valence-electron chi connectivity index (χ4n) is 4.50. The third kappa shape index (κ3) is 7.75. The number of hydrogen-bond acceptors (Lipinski definition) is 8. The maximum Gasteiger partial charge on any atom is 0.270 e. The summed E-state index contributed by atoms with van der Waals surface area (Å²) in [5, 5.41) is 15.3. The van der Waals surface area contributed by atoms with Crippen molar-refractivity contribution in [3.8, 4) is 11.8 Å². The van der Waals surface area contributed by atoms with E-state index in [1.807, 2.05) is 29.2 Å². The minimum absolute atomic E-state index is 0.0628. The molecule has 0 saturated carbocycles. The van der Waals surface area contributed by atoms with E-state index in [2.05, 4.69) is 34.2 Å². The van der Waals surface area contributed by atoms with Crippen LogP contribution in [-0.2, 0) is 22.7 Å². The molecule has 0 atom stereocenters. The highest BCUT2D eigenvalue weighted by molar-refractivity contribution is 7.07. The second kappa shape index (κ2) is 14.8. The minimum Gasteiger partial charge on any atom is -0.484 e. The molecule has 1 saturated heterocycles. The molecule has 3 aromatic rings. The summed E-state index contributed by atoms with van der Waals surface area (Å²) >= 11 is 1.06. The van der Waals surface area contributed by atoms with Crippen LogP contribution in [0.2, 0.25) is 0 Å². The van der Waals surface area contributed by atoms with E-state index in [4.69, 9.17) is 4.74 Å². The van der Waals surface area contributed by atoms with Gasteiger partial charge in [-0.3, -0.25) is 23.9 Å². The average Bonchev–Trinajstić information content (AvgIpc) is 3.33. The quantitative estimate of drug-likeness (QED) is 0.327. The third-order valence-corrected chi connectivity index (χ3v) is 7.85. The van der Waals surface area contributed by atoms with Gasteiger partial charge in [0.15, 0.2) is 12.2 Å². The van der Waals surface area contributed by atoms with Crippen molar-refractivity contribution in [2.45, 2.75) is 20.0 Å². The number of ether oxygens (including phenoxy) is 1. The zero-order valence-electron chi connectivity index (χ0n) is 23.5. The minimum atomic E-state index is -0.561. The molecule has 0 radical (unpaired) electrons. The first kappa shape index (κ1) is 30.3. The van der Waals surface area contributed by atoms with E-state index in [9.17, 15) is 19.6 Å². The fourth-order valence-corrected chi connectivity index (χ4v) is 5.59. The number of carbonyl (C=O) groups is 2. The number of anilines is 1. The summed E-state index contributed by atoms with van der Waals surface area (Å²) in [5.41, 5.74) is 1.48. The van der Waals surface area contributed by atoms with Gasteiger partial charge in [0.1, 0.15) is 21.0 Å². The molecule has 0 bridgehead atoms. The number of nitrogens with one attached hydrogen (secondary N) is 2. The molecule has 11 heteroatoms. The van der Waals surface area contributed by atoms with Gasteiger partial charge in [-0.25, -0.2) is 0 Å². The smallest absolute Gasteiger partial charge is 0.270 e. The molecular formula is C31H34N6O4S. The van der Waals surface area contributed by atoms with Crippen molar-refractivity contribution in [2.75, 3.05) is 44.6 Å². The lowest BCUT2D eigenvalue weighted by atomic mass is 10.2. The summed E-state index contributed by atoms with van der Waals surface area (Å²) in [6.07, 6.45) is 3.05. The molecule has 0 unspecified atom stereocenters. The SMILES string of the molecule is C=CCNC(=O)C(C#N)=c1sc(=CNc2cccc(OCC(=O)N3CCN(Cc4ccccc4)CC3)c2)c(=O)n1CC. The van der Waals surface area contributed by atoms with Gasteiger partial charge in [0, 0.05) is 63.8 Å². The first-order valence-electron chi connectivity index (χ1n) is 13.7. The molecule has 1 aliphatic heterocycles. The predicted molar refractivity (Wildman–Crippen MR) is 164 cm³/mol. The van der Waals surface area contributed by atoms with E-state index in [0.29, 0.717) is 35.6 Å². The Morgan fingerprint density at radius 1 is 1.12 bits per heavy atom. The maximum atomic E-state index is 13.0. The predicted octanol–water partition coefficient (Wildman–Crippen LogP) is 1.48. The highest BCUT2D eigenvalue weighted by Gasteiger charge is 2.21. The Labute approximate surface area is 248 Å². The van der Waals surface area contributed by atoms with Crippen LogP contribution in [0.5, 0.6) is 5.75 Å². The summed E-state index contributed by atoms with van der Waals surface area (Å²) in [6, 6.07) is 19.3. The molecular weight excluding hydrogens is 552 g/mol. The van der Waals surface area contributed by atoms with E-state index >= 15 is 0 Å². The van der Waals surface area contributed by atoms with Crippen molar-refractivity contribution in [3.05, 3.63) is 92.4 Å². The van der Waals surface area contributed by atoms with Crippen LogP contribution in [0.1, 0.15) is 12.5 Å². The Kier molecular flexibility index (Phi) is 10.7. The summed E-state index contributed by atoms with van der Waals surface area (Å²) in [5.74, 6) is -0.109.